The van der Waals surface area contributed by atoms with Crippen molar-refractivity contribution in [1.29, 1.82) is 0 Å². The van der Waals surface area contributed by atoms with Crippen LogP contribution < -0.4 is 27.8 Å². The molecule has 0 aromatic carbocycles. The Morgan fingerprint density at radius 2 is 1.76 bits per heavy atom. The highest BCUT2D eigenvalue weighted by Gasteiger charge is 2.38. The number of aliphatic imine (C=N–C) groups is 1. The van der Waals surface area contributed by atoms with Gasteiger partial charge in [-0.05, 0) is 44.9 Å². The van der Waals surface area contributed by atoms with Gasteiger partial charge in [-0.2, -0.15) is 0 Å². The van der Waals surface area contributed by atoms with E-state index in [1.54, 1.807) is 0 Å². The van der Waals surface area contributed by atoms with E-state index in [-0.39, 0.29) is 31.4 Å². The van der Waals surface area contributed by atoms with Crippen molar-refractivity contribution in [2.24, 2.45) is 28.1 Å². The fraction of sp³-hybridized carbons (Fsp3) is 0.762. The Labute approximate surface area is 199 Å². The molecule has 13 heteroatoms. The molecule has 194 valence electrons. The number of amides is 3. The molecule has 34 heavy (non-hydrogen) atoms. The minimum Gasteiger partial charge on any atom is -0.480 e. The minimum atomic E-state index is -1.35. The molecule has 1 fully saturated rings. The number of likely N-dealkylation sites (tertiary alicyclic amines) is 1. The highest BCUT2D eigenvalue weighted by molar-refractivity contribution is 5.94. The number of aliphatic hydroxyl groups is 1. The van der Waals surface area contributed by atoms with Crippen LogP contribution in [-0.4, -0.2) is 88.1 Å². The topological polar surface area (TPSA) is 226 Å². The van der Waals surface area contributed by atoms with Crippen molar-refractivity contribution in [3.8, 4) is 0 Å². The fourth-order valence-corrected chi connectivity index (χ4v) is 3.79. The molecule has 5 atom stereocenters. The molecule has 1 heterocycles. The number of hydrogen-bond acceptors (Lipinski definition) is 7. The van der Waals surface area contributed by atoms with Crippen LogP contribution >= 0.6 is 0 Å². The SMILES string of the molecule is CC(C)CC(N)C(=O)NC(C(=O)NC(CCCN=C(N)N)C(=O)N1CCCC1C(=O)O)C(C)O. The van der Waals surface area contributed by atoms with Gasteiger partial charge in [-0.25, -0.2) is 4.79 Å². The van der Waals surface area contributed by atoms with Crippen LogP contribution in [0.2, 0.25) is 0 Å². The zero-order chi connectivity index (χ0) is 26.0. The largest absolute Gasteiger partial charge is 0.480 e. The van der Waals surface area contributed by atoms with Gasteiger partial charge in [-0.15, -0.1) is 0 Å². The first-order valence-corrected chi connectivity index (χ1v) is 11.5. The Morgan fingerprint density at radius 3 is 2.29 bits per heavy atom. The van der Waals surface area contributed by atoms with Crippen LogP contribution in [0.25, 0.3) is 0 Å². The van der Waals surface area contributed by atoms with Crippen LogP contribution in [0.1, 0.15) is 52.9 Å². The summed E-state index contributed by atoms with van der Waals surface area (Å²) in [6.45, 7) is 5.57. The molecule has 0 saturated carbocycles. The van der Waals surface area contributed by atoms with Gasteiger partial charge in [0.05, 0.1) is 12.1 Å². The predicted molar refractivity (Wildman–Crippen MR) is 125 cm³/mol. The fourth-order valence-electron chi connectivity index (χ4n) is 3.79. The van der Waals surface area contributed by atoms with Crippen molar-refractivity contribution >= 4 is 29.7 Å². The monoisotopic (exact) mass is 485 g/mol. The number of carboxylic acid groups (broad SMARTS) is 1. The molecule has 0 aliphatic carbocycles. The standard InChI is InChI=1S/C21H39N7O6/c1-11(2)10-13(22)17(30)27-16(12(3)29)18(31)26-14(6-4-8-25-21(23)24)19(32)28-9-5-7-15(28)20(33)34/h11-16,29H,4-10,22H2,1-3H3,(H,26,31)(H,27,30)(H,33,34)(H4,23,24,25). The second kappa shape index (κ2) is 13.7. The second-order valence-electron chi connectivity index (χ2n) is 9.00. The third-order valence-corrected chi connectivity index (χ3v) is 5.51. The van der Waals surface area contributed by atoms with E-state index in [0.717, 1.165) is 0 Å². The van der Waals surface area contributed by atoms with Gasteiger partial charge in [0.15, 0.2) is 5.96 Å². The molecule has 0 radical (unpaired) electrons. The summed E-state index contributed by atoms with van der Waals surface area (Å²) >= 11 is 0. The van der Waals surface area contributed by atoms with Gasteiger partial charge < -0.3 is 42.9 Å². The Hall–Kier alpha value is -2.93. The lowest BCUT2D eigenvalue weighted by Crippen LogP contribution is -2.59. The summed E-state index contributed by atoms with van der Waals surface area (Å²) in [6, 6.07) is -4.30. The zero-order valence-corrected chi connectivity index (χ0v) is 20.1. The van der Waals surface area contributed by atoms with Gasteiger partial charge in [0.2, 0.25) is 17.7 Å². The molecule has 1 rings (SSSR count). The Morgan fingerprint density at radius 1 is 1.12 bits per heavy atom. The van der Waals surface area contributed by atoms with Crippen molar-refractivity contribution in [1.82, 2.24) is 15.5 Å². The third kappa shape index (κ3) is 9.14. The number of aliphatic hydroxyl groups excluding tert-OH is 1. The second-order valence-corrected chi connectivity index (χ2v) is 9.00. The number of aliphatic carboxylic acids is 1. The molecule has 0 bridgehead atoms. The number of carbonyl (C=O) groups is 4. The summed E-state index contributed by atoms with van der Waals surface area (Å²) in [4.78, 5) is 55.2. The highest BCUT2D eigenvalue weighted by Crippen LogP contribution is 2.20. The summed E-state index contributed by atoms with van der Waals surface area (Å²) in [5, 5.41) is 24.5. The molecular formula is C21H39N7O6. The normalized spacial score (nSPS) is 19.1. The molecule has 10 N–H and O–H groups in total. The van der Waals surface area contributed by atoms with Crippen LogP contribution in [0.5, 0.6) is 0 Å². The lowest BCUT2D eigenvalue weighted by atomic mass is 10.0. The average molecular weight is 486 g/mol. The first-order valence-electron chi connectivity index (χ1n) is 11.5. The van der Waals surface area contributed by atoms with Gasteiger partial charge >= 0.3 is 5.97 Å². The van der Waals surface area contributed by atoms with E-state index in [0.29, 0.717) is 25.7 Å². The zero-order valence-electron chi connectivity index (χ0n) is 20.1. The maximum Gasteiger partial charge on any atom is 0.326 e. The maximum atomic E-state index is 13.2. The first-order chi connectivity index (χ1) is 15.8. The number of hydrogen-bond donors (Lipinski definition) is 7. The molecule has 3 amide bonds. The number of nitrogens with one attached hydrogen (secondary N) is 2. The molecule has 1 aliphatic heterocycles. The van der Waals surface area contributed by atoms with Gasteiger partial charge in [0.1, 0.15) is 18.1 Å². The molecule has 1 saturated heterocycles. The lowest BCUT2D eigenvalue weighted by molar-refractivity contribution is -0.149. The molecule has 0 spiro atoms. The van der Waals surface area contributed by atoms with Crippen LogP contribution in [0.4, 0.5) is 0 Å². The summed E-state index contributed by atoms with van der Waals surface area (Å²) in [5.74, 6) is -3.04. The van der Waals surface area contributed by atoms with E-state index in [1.807, 2.05) is 13.8 Å². The van der Waals surface area contributed by atoms with E-state index in [4.69, 9.17) is 17.2 Å². The van der Waals surface area contributed by atoms with E-state index in [9.17, 15) is 29.4 Å². The minimum absolute atomic E-state index is 0.119. The van der Waals surface area contributed by atoms with Crippen LogP contribution in [-0.2, 0) is 19.2 Å². The van der Waals surface area contributed by atoms with E-state index >= 15 is 0 Å². The third-order valence-electron chi connectivity index (χ3n) is 5.51. The van der Waals surface area contributed by atoms with Gasteiger partial charge in [-0.3, -0.25) is 19.4 Å². The number of carboxylic acids is 1. The van der Waals surface area contributed by atoms with E-state index in [2.05, 4.69) is 15.6 Å². The summed E-state index contributed by atoms with van der Waals surface area (Å²) in [5.41, 5.74) is 16.5. The van der Waals surface area contributed by atoms with Crippen molar-refractivity contribution in [2.75, 3.05) is 13.1 Å². The number of guanidine groups is 1. The Kier molecular flexibility index (Phi) is 11.7. The maximum absolute atomic E-state index is 13.2. The number of rotatable bonds is 13. The Balaban J connectivity index is 2.99. The molecular weight excluding hydrogens is 446 g/mol. The molecule has 0 aromatic rings. The smallest absolute Gasteiger partial charge is 0.326 e. The summed E-state index contributed by atoms with van der Waals surface area (Å²) in [6.07, 6.45) is 0.402. The summed E-state index contributed by atoms with van der Waals surface area (Å²) in [7, 11) is 0. The van der Waals surface area contributed by atoms with Crippen molar-refractivity contribution in [2.45, 2.75) is 83.1 Å². The molecule has 1 aliphatic rings. The van der Waals surface area contributed by atoms with Crippen molar-refractivity contribution in [3.63, 3.8) is 0 Å². The van der Waals surface area contributed by atoms with Crippen LogP contribution in [0.15, 0.2) is 4.99 Å². The molecule has 5 unspecified atom stereocenters. The Bertz CT molecular complexity index is 754. The van der Waals surface area contributed by atoms with Crippen LogP contribution in [0, 0.1) is 5.92 Å². The quantitative estimate of drug-likeness (QED) is 0.0854. The number of nitrogens with zero attached hydrogens (tertiary/aromatic N) is 2. The first kappa shape index (κ1) is 29.1. The van der Waals surface area contributed by atoms with Gasteiger partial charge in [0, 0.05) is 13.1 Å². The summed E-state index contributed by atoms with van der Waals surface area (Å²) < 4.78 is 0. The van der Waals surface area contributed by atoms with Crippen molar-refractivity contribution in [3.05, 3.63) is 0 Å². The number of carbonyl (C=O) groups excluding carboxylic acids is 3. The molecule has 13 nitrogen and oxygen atoms in total. The molecule has 0 aromatic heterocycles. The average Bonchev–Trinajstić information content (AvgIpc) is 3.22. The van der Waals surface area contributed by atoms with Gasteiger partial charge in [-0.1, -0.05) is 13.8 Å². The van der Waals surface area contributed by atoms with Crippen LogP contribution in [0.3, 0.4) is 0 Å². The van der Waals surface area contributed by atoms with Crippen molar-refractivity contribution < 1.29 is 29.4 Å². The van der Waals surface area contributed by atoms with E-state index < -0.39 is 54.0 Å². The lowest BCUT2D eigenvalue weighted by Gasteiger charge is -2.29. The van der Waals surface area contributed by atoms with Gasteiger partial charge in [0.25, 0.3) is 0 Å². The van der Waals surface area contributed by atoms with E-state index in [1.165, 1.54) is 11.8 Å². The predicted octanol–water partition coefficient (Wildman–Crippen LogP) is -2.16. The highest BCUT2D eigenvalue weighted by atomic mass is 16.4. The number of nitrogens with two attached hydrogens (primary N) is 3.